The first-order valence-electron chi connectivity index (χ1n) is 6.61. The van der Waals surface area contributed by atoms with Crippen LogP contribution in [0.5, 0.6) is 0 Å². The number of rotatable bonds is 3. The van der Waals surface area contributed by atoms with Crippen LogP contribution in [0.2, 0.25) is 0 Å². The number of nitrogens with two attached hydrogens (primary N) is 1. The van der Waals surface area contributed by atoms with E-state index in [1.54, 1.807) is 0 Å². The van der Waals surface area contributed by atoms with Crippen LogP contribution in [-0.4, -0.2) is 11.2 Å². The molecule has 0 spiro atoms. The number of halogens is 5. The van der Waals surface area contributed by atoms with Crippen molar-refractivity contribution in [2.75, 3.05) is 0 Å². The lowest BCUT2D eigenvalue weighted by Crippen LogP contribution is -2.32. The van der Waals surface area contributed by atoms with E-state index >= 15 is 0 Å². The SMILES string of the molecule is Cl.N[C@@H](c1ccc(C(F)(F)F)cc1F)[C@H](O)C1CCCC1. The normalized spacial score (nSPS) is 19.1. The van der Waals surface area contributed by atoms with Crippen LogP contribution in [0.3, 0.4) is 0 Å². The van der Waals surface area contributed by atoms with Gasteiger partial charge in [0.15, 0.2) is 0 Å². The van der Waals surface area contributed by atoms with Gasteiger partial charge in [0.2, 0.25) is 0 Å². The molecule has 2 rings (SSSR count). The predicted octanol–water partition coefficient (Wildman–Crippen LogP) is 3.82. The number of benzene rings is 1. The third-order valence-electron chi connectivity index (χ3n) is 3.94. The Bertz CT molecular complexity index is 475. The lowest BCUT2D eigenvalue weighted by atomic mass is 9.90. The smallest absolute Gasteiger partial charge is 0.391 e. The van der Waals surface area contributed by atoms with Crippen molar-refractivity contribution in [2.45, 2.75) is 44.0 Å². The Balaban J connectivity index is 0.00000220. The van der Waals surface area contributed by atoms with Gasteiger partial charge in [0.05, 0.1) is 17.7 Å². The molecule has 3 N–H and O–H groups in total. The Labute approximate surface area is 126 Å². The molecule has 1 aromatic rings. The lowest BCUT2D eigenvalue weighted by Gasteiger charge is -2.25. The Morgan fingerprint density at radius 3 is 2.24 bits per heavy atom. The van der Waals surface area contributed by atoms with Crippen LogP contribution in [0.4, 0.5) is 17.6 Å². The van der Waals surface area contributed by atoms with Crippen molar-refractivity contribution in [1.29, 1.82) is 0 Å². The second-order valence-electron chi connectivity index (χ2n) is 5.29. The molecule has 0 amide bonds. The van der Waals surface area contributed by atoms with E-state index < -0.39 is 29.7 Å². The molecule has 2 atom stereocenters. The summed E-state index contributed by atoms with van der Waals surface area (Å²) in [7, 11) is 0. The van der Waals surface area contributed by atoms with Crippen LogP contribution in [0.15, 0.2) is 18.2 Å². The molecule has 1 fully saturated rings. The maximum absolute atomic E-state index is 13.8. The lowest BCUT2D eigenvalue weighted by molar-refractivity contribution is -0.137. The van der Waals surface area contributed by atoms with E-state index in [2.05, 4.69) is 0 Å². The summed E-state index contributed by atoms with van der Waals surface area (Å²) in [6.45, 7) is 0. The van der Waals surface area contributed by atoms with Crippen molar-refractivity contribution in [3.8, 4) is 0 Å². The highest BCUT2D eigenvalue weighted by Gasteiger charge is 2.33. The summed E-state index contributed by atoms with van der Waals surface area (Å²) in [5, 5.41) is 10.1. The summed E-state index contributed by atoms with van der Waals surface area (Å²) in [6.07, 6.45) is -1.90. The molecule has 1 aliphatic carbocycles. The molecule has 2 nitrogen and oxygen atoms in total. The van der Waals surface area contributed by atoms with Crippen LogP contribution in [0.25, 0.3) is 0 Å². The molecule has 1 aromatic carbocycles. The standard InChI is InChI=1S/C14H17F4NO.ClH/c15-11-7-9(14(16,17)18)5-6-10(11)12(19)13(20)8-3-1-2-4-8;/h5-8,12-13,20H,1-4,19H2;1H/t12-,13+;/m0./s1. The number of hydrogen-bond donors (Lipinski definition) is 2. The molecule has 0 radical (unpaired) electrons. The molecule has 0 unspecified atom stereocenters. The van der Waals surface area contributed by atoms with E-state index in [0.29, 0.717) is 6.07 Å². The van der Waals surface area contributed by atoms with E-state index in [1.165, 1.54) is 0 Å². The fraction of sp³-hybridized carbons (Fsp3) is 0.571. The number of alkyl halides is 3. The minimum absolute atomic E-state index is 0. The van der Waals surface area contributed by atoms with Crippen molar-refractivity contribution in [2.24, 2.45) is 11.7 Å². The van der Waals surface area contributed by atoms with Gasteiger partial charge >= 0.3 is 6.18 Å². The molecule has 0 bridgehead atoms. The third-order valence-corrected chi connectivity index (χ3v) is 3.94. The van der Waals surface area contributed by atoms with Crippen molar-refractivity contribution in [3.05, 3.63) is 35.1 Å². The first kappa shape index (κ1) is 18.2. The van der Waals surface area contributed by atoms with Gasteiger partial charge in [0, 0.05) is 5.56 Å². The monoisotopic (exact) mass is 327 g/mol. The summed E-state index contributed by atoms with van der Waals surface area (Å²) in [5.74, 6) is -1.03. The Hall–Kier alpha value is -0.850. The van der Waals surface area contributed by atoms with Crippen molar-refractivity contribution in [3.63, 3.8) is 0 Å². The molecule has 120 valence electrons. The maximum Gasteiger partial charge on any atom is 0.416 e. The quantitative estimate of drug-likeness (QED) is 0.829. The van der Waals surface area contributed by atoms with Crippen LogP contribution >= 0.6 is 12.4 Å². The molecule has 0 saturated heterocycles. The van der Waals surface area contributed by atoms with Gasteiger partial charge in [-0.2, -0.15) is 13.2 Å². The topological polar surface area (TPSA) is 46.2 Å². The average molecular weight is 328 g/mol. The van der Waals surface area contributed by atoms with E-state index in [-0.39, 0.29) is 23.9 Å². The second kappa shape index (κ2) is 6.94. The van der Waals surface area contributed by atoms with Gasteiger partial charge in [-0.25, -0.2) is 4.39 Å². The highest BCUT2D eigenvalue weighted by molar-refractivity contribution is 5.85. The largest absolute Gasteiger partial charge is 0.416 e. The fourth-order valence-electron chi connectivity index (χ4n) is 2.75. The third kappa shape index (κ3) is 4.08. The highest BCUT2D eigenvalue weighted by Crippen LogP contribution is 2.35. The van der Waals surface area contributed by atoms with E-state index in [9.17, 15) is 22.7 Å². The van der Waals surface area contributed by atoms with Crippen LogP contribution in [0, 0.1) is 11.7 Å². The van der Waals surface area contributed by atoms with Gasteiger partial charge in [-0.3, -0.25) is 0 Å². The van der Waals surface area contributed by atoms with E-state index in [0.717, 1.165) is 37.8 Å². The Morgan fingerprint density at radius 2 is 1.76 bits per heavy atom. The summed E-state index contributed by atoms with van der Waals surface area (Å²) in [5.41, 5.74) is 4.68. The fourth-order valence-corrected chi connectivity index (χ4v) is 2.75. The Morgan fingerprint density at radius 1 is 1.19 bits per heavy atom. The van der Waals surface area contributed by atoms with Gasteiger partial charge in [-0.15, -0.1) is 12.4 Å². The summed E-state index contributed by atoms with van der Waals surface area (Å²) < 4.78 is 51.2. The molecule has 7 heteroatoms. The number of hydrogen-bond acceptors (Lipinski definition) is 2. The van der Waals surface area contributed by atoms with Gasteiger partial charge in [-0.05, 0) is 30.9 Å². The zero-order chi connectivity index (χ0) is 14.9. The zero-order valence-electron chi connectivity index (χ0n) is 11.2. The molecular formula is C14H18ClF4NO. The van der Waals surface area contributed by atoms with Gasteiger partial charge in [0.1, 0.15) is 5.82 Å². The molecule has 0 heterocycles. The molecule has 0 aliphatic heterocycles. The number of aliphatic hydroxyl groups excluding tert-OH is 1. The van der Waals surface area contributed by atoms with Gasteiger partial charge in [-0.1, -0.05) is 18.9 Å². The maximum atomic E-state index is 13.8. The second-order valence-corrected chi connectivity index (χ2v) is 5.29. The first-order chi connectivity index (χ1) is 9.30. The summed E-state index contributed by atoms with van der Waals surface area (Å²) in [6, 6.07) is 1.23. The van der Waals surface area contributed by atoms with Crippen LogP contribution in [-0.2, 0) is 6.18 Å². The van der Waals surface area contributed by atoms with E-state index in [1.807, 2.05) is 0 Å². The zero-order valence-corrected chi connectivity index (χ0v) is 12.1. The molecule has 1 saturated carbocycles. The van der Waals surface area contributed by atoms with Crippen molar-refractivity contribution >= 4 is 12.4 Å². The van der Waals surface area contributed by atoms with Crippen molar-refractivity contribution < 1.29 is 22.7 Å². The summed E-state index contributed by atoms with van der Waals surface area (Å²) in [4.78, 5) is 0. The van der Waals surface area contributed by atoms with Crippen molar-refractivity contribution in [1.82, 2.24) is 0 Å². The average Bonchev–Trinajstić information content (AvgIpc) is 2.89. The van der Waals surface area contributed by atoms with Crippen LogP contribution in [0.1, 0.15) is 42.9 Å². The first-order valence-corrected chi connectivity index (χ1v) is 6.61. The minimum atomic E-state index is -4.59. The van der Waals surface area contributed by atoms with Gasteiger partial charge in [0.25, 0.3) is 0 Å². The molecule has 21 heavy (non-hydrogen) atoms. The van der Waals surface area contributed by atoms with Gasteiger partial charge < -0.3 is 10.8 Å². The van der Waals surface area contributed by atoms with E-state index in [4.69, 9.17) is 5.73 Å². The Kier molecular flexibility index (Phi) is 6.01. The molecule has 1 aliphatic rings. The molecule has 0 aromatic heterocycles. The molecular weight excluding hydrogens is 310 g/mol. The highest BCUT2D eigenvalue weighted by atomic mass is 35.5. The number of aliphatic hydroxyl groups is 1. The predicted molar refractivity (Wildman–Crippen MR) is 73.5 cm³/mol. The van der Waals surface area contributed by atoms with Crippen LogP contribution < -0.4 is 5.73 Å². The minimum Gasteiger partial charge on any atom is -0.391 e. The summed E-state index contributed by atoms with van der Waals surface area (Å²) >= 11 is 0.